The van der Waals surface area contributed by atoms with Crippen molar-refractivity contribution in [2.24, 2.45) is 0 Å². The summed E-state index contributed by atoms with van der Waals surface area (Å²) in [5.74, 6) is 2.04. The summed E-state index contributed by atoms with van der Waals surface area (Å²) in [5, 5.41) is 12.6. The van der Waals surface area contributed by atoms with Gasteiger partial charge in [0, 0.05) is 12.6 Å². The van der Waals surface area contributed by atoms with Crippen LogP contribution >= 0.6 is 23.1 Å². The predicted octanol–water partition coefficient (Wildman–Crippen LogP) is 4.95. The second-order valence-corrected chi connectivity index (χ2v) is 8.98. The molecule has 1 N–H and O–H groups in total. The number of hydrogen-bond donors (Lipinski definition) is 1. The molecule has 4 rings (SSSR count). The van der Waals surface area contributed by atoms with Crippen LogP contribution in [0.3, 0.4) is 0 Å². The molecule has 0 bridgehead atoms. The summed E-state index contributed by atoms with van der Waals surface area (Å²) in [4.78, 5) is 16.9. The van der Waals surface area contributed by atoms with Gasteiger partial charge in [-0.25, -0.2) is 4.98 Å². The number of amides is 1. The summed E-state index contributed by atoms with van der Waals surface area (Å²) < 4.78 is 14.2. The number of allylic oxidation sites excluding steroid dienone is 1. The van der Waals surface area contributed by atoms with Crippen molar-refractivity contribution in [1.29, 1.82) is 0 Å². The Hall–Kier alpha value is -3.37. The summed E-state index contributed by atoms with van der Waals surface area (Å²) in [6, 6.07) is 15.2. The molecule has 2 heterocycles. The third-order valence-electron chi connectivity index (χ3n) is 4.65. The van der Waals surface area contributed by atoms with Gasteiger partial charge in [0.1, 0.15) is 11.5 Å². The van der Waals surface area contributed by atoms with Gasteiger partial charge in [-0.15, -0.1) is 16.8 Å². The molecule has 0 aliphatic carbocycles. The molecule has 1 unspecified atom stereocenters. The Bertz CT molecular complexity index is 1240. The van der Waals surface area contributed by atoms with E-state index in [0.717, 1.165) is 10.2 Å². The lowest BCUT2D eigenvalue weighted by molar-refractivity contribution is -0.113. The van der Waals surface area contributed by atoms with Gasteiger partial charge < -0.3 is 14.8 Å². The number of ether oxygens (including phenoxy) is 2. The molecule has 2 aromatic carbocycles. The van der Waals surface area contributed by atoms with E-state index in [4.69, 9.17) is 9.47 Å². The molecule has 0 aliphatic rings. The third kappa shape index (κ3) is 5.52. The Balaban J connectivity index is 1.42. The largest absolute Gasteiger partial charge is 0.497 e. The minimum atomic E-state index is -0.365. The average Bonchev–Trinajstić information content (AvgIpc) is 3.41. The molecule has 0 spiro atoms. The molecule has 33 heavy (non-hydrogen) atoms. The molecule has 0 aliphatic heterocycles. The quantitative estimate of drug-likeness (QED) is 0.253. The lowest BCUT2D eigenvalue weighted by Gasteiger charge is -2.16. The molecule has 1 atom stereocenters. The van der Waals surface area contributed by atoms with Crippen LogP contribution in [-0.4, -0.2) is 38.5 Å². The molecule has 2 aromatic heterocycles. The van der Waals surface area contributed by atoms with Gasteiger partial charge in [-0.1, -0.05) is 47.4 Å². The Labute approximate surface area is 199 Å². The molecule has 170 valence electrons. The zero-order valence-electron chi connectivity index (χ0n) is 18.2. The first-order valence-electron chi connectivity index (χ1n) is 10.2. The van der Waals surface area contributed by atoms with Crippen molar-refractivity contribution in [3.63, 3.8) is 0 Å². The number of fused-ring (bicyclic) bond motifs is 1. The van der Waals surface area contributed by atoms with E-state index in [1.165, 1.54) is 23.1 Å². The maximum Gasteiger partial charge on any atom is 0.236 e. The minimum Gasteiger partial charge on any atom is -0.497 e. The first-order valence-corrected chi connectivity index (χ1v) is 12.0. The van der Waals surface area contributed by atoms with Crippen LogP contribution in [0, 0.1) is 0 Å². The van der Waals surface area contributed by atoms with Crippen molar-refractivity contribution >= 4 is 44.4 Å². The summed E-state index contributed by atoms with van der Waals surface area (Å²) in [5.41, 5.74) is 0.867. The monoisotopic (exact) mass is 481 g/mol. The van der Waals surface area contributed by atoms with Crippen LogP contribution < -0.4 is 14.8 Å². The van der Waals surface area contributed by atoms with E-state index in [1.54, 1.807) is 13.2 Å². The number of para-hydroxylation sites is 1. The minimum absolute atomic E-state index is 0.158. The lowest BCUT2D eigenvalue weighted by Crippen LogP contribution is -2.15. The smallest absolute Gasteiger partial charge is 0.236 e. The SMILES string of the molecule is C=CCn1c(SCC(=O)Nc2nc3ccccc3s2)nnc1C(C)Oc1cccc(OC)c1. The Kier molecular flexibility index (Phi) is 7.26. The molecular weight excluding hydrogens is 458 g/mol. The number of thioether (sulfide) groups is 1. The van der Waals surface area contributed by atoms with E-state index >= 15 is 0 Å². The van der Waals surface area contributed by atoms with E-state index in [9.17, 15) is 4.79 Å². The Morgan fingerprint density at radius 2 is 2.06 bits per heavy atom. The summed E-state index contributed by atoms with van der Waals surface area (Å²) in [7, 11) is 1.61. The van der Waals surface area contributed by atoms with Gasteiger partial charge in [-0.2, -0.15) is 0 Å². The van der Waals surface area contributed by atoms with Crippen molar-refractivity contribution in [3.8, 4) is 11.5 Å². The fourth-order valence-corrected chi connectivity index (χ4v) is 4.79. The van der Waals surface area contributed by atoms with E-state index < -0.39 is 0 Å². The number of aromatic nitrogens is 4. The van der Waals surface area contributed by atoms with Gasteiger partial charge >= 0.3 is 0 Å². The summed E-state index contributed by atoms with van der Waals surface area (Å²) >= 11 is 2.75. The van der Waals surface area contributed by atoms with E-state index in [2.05, 4.69) is 27.1 Å². The number of hydrogen-bond acceptors (Lipinski definition) is 8. The number of thiazole rings is 1. The summed E-state index contributed by atoms with van der Waals surface area (Å²) in [6.07, 6.45) is 1.40. The highest BCUT2D eigenvalue weighted by Gasteiger charge is 2.20. The van der Waals surface area contributed by atoms with Gasteiger partial charge in [0.25, 0.3) is 0 Å². The normalized spacial score (nSPS) is 11.8. The zero-order chi connectivity index (χ0) is 23.2. The van der Waals surface area contributed by atoms with Crippen LogP contribution in [0.1, 0.15) is 18.9 Å². The third-order valence-corrected chi connectivity index (χ3v) is 6.57. The Morgan fingerprint density at radius 1 is 1.24 bits per heavy atom. The topological polar surface area (TPSA) is 91.2 Å². The number of carbonyl (C=O) groups is 1. The molecule has 10 heteroatoms. The summed E-state index contributed by atoms with van der Waals surface area (Å²) in [6.45, 7) is 6.22. The number of benzene rings is 2. The number of methoxy groups -OCH3 is 1. The van der Waals surface area contributed by atoms with Crippen molar-refractivity contribution in [3.05, 3.63) is 67.0 Å². The first kappa shape index (κ1) is 22.8. The van der Waals surface area contributed by atoms with E-state index in [1.807, 2.05) is 60.0 Å². The van der Waals surface area contributed by atoms with Gasteiger partial charge in [0.05, 0.1) is 23.1 Å². The lowest BCUT2D eigenvalue weighted by atomic mass is 10.3. The molecular formula is C23H23N5O3S2. The first-order chi connectivity index (χ1) is 16.1. The number of rotatable bonds is 10. The second-order valence-electron chi connectivity index (χ2n) is 7.00. The average molecular weight is 482 g/mol. The van der Waals surface area contributed by atoms with Crippen molar-refractivity contribution in [1.82, 2.24) is 19.7 Å². The molecule has 0 saturated heterocycles. The van der Waals surface area contributed by atoms with E-state index in [-0.39, 0.29) is 17.8 Å². The van der Waals surface area contributed by atoms with Crippen molar-refractivity contribution in [2.75, 3.05) is 18.2 Å². The maximum atomic E-state index is 12.5. The van der Waals surface area contributed by atoms with Crippen molar-refractivity contribution < 1.29 is 14.3 Å². The highest BCUT2D eigenvalue weighted by atomic mass is 32.2. The molecule has 0 fully saturated rings. The second kappa shape index (κ2) is 10.5. The Morgan fingerprint density at radius 3 is 2.85 bits per heavy atom. The zero-order valence-corrected chi connectivity index (χ0v) is 19.9. The molecule has 4 aromatic rings. The maximum absolute atomic E-state index is 12.5. The van der Waals surface area contributed by atoms with Crippen LogP contribution in [0.4, 0.5) is 5.13 Å². The molecule has 0 radical (unpaired) electrons. The van der Waals surface area contributed by atoms with Crippen LogP contribution in [0.25, 0.3) is 10.2 Å². The number of carbonyl (C=O) groups excluding carboxylic acids is 1. The van der Waals surface area contributed by atoms with Crippen LogP contribution in [-0.2, 0) is 11.3 Å². The number of nitrogens with one attached hydrogen (secondary N) is 1. The highest BCUT2D eigenvalue weighted by molar-refractivity contribution is 7.99. The fraction of sp³-hybridized carbons (Fsp3) is 0.217. The van der Waals surface area contributed by atoms with Gasteiger partial charge in [-0.05, 0) is 31.2 Å². The number of nitrogens with zero attached hydrogens (tertiary/aromatic N) is 4. The van der Waals surface area contributed by atoms with E-state index in [0.29, 0.717) is 34.2 Å². The van der Waals surface area contributed by atoms with Crippen LogP contribution in [0.15, 0.2) is 66.3 Å². The van der Waals surface area contributed by atoms with Gasteiger partial charge in [0.15, 0.2) is 22.2 Å². The van der Waals surface area contributed by atoms with Crippen molar-refractivity contribution in [2.45, 2.75) is 24.7 Å². The number of anilines is 1. The van der Waals surface area contributed by atoms with Gasteiger partial charge in [-0.3, -0.25) is 9.36 Å². The van der Waals surface area contributed by atoms with Gasteiger partial charge in [0.2, 0.25) is 5.91 Å². The standard InChI is InChI=1S/C23H23N5O3S2/c1-4-12-28-21(15(2)31-17-9-7-8-16(13-17)30-3)26-27-23(28)32-14-20(29)25-22-24-18-10-5-6-11-19(18)33-22/h4-11,13,15H,1,12,14H2,2-3H3,(H,24,25,29). The van der Waals surface area contributed by atoms with Crippen LogP contribution in [0.5, 0.6) is 11.5 Å². The predicted molar refractivity (Wildman–Crippen MR) is 131 cm³/mol. The molecule has 1 amide bonds. The molecule has 0 saturated carbocycles. The highest BCUT2D eigenvalue weighted by Crippen LogP contribution is 2.28. The fourth-order valence-electron chi connectivity index (χ4n) is 3.15. The van der Waals surface area contributed by atoms with Crippen LogP contribution in [0.2, 0.25) is 0 Å². The molecule has 8 nitrogen and oxygen atoms in total.